The zero-order valence-corrected chi connectivity index (χ0v) is 12.1. The van der Waals surface area contributed by atoms with Gasteiger partial charge in [-0.15, -0.1) is 0 Å². The number of nitrogens with zero attached hydrogens (tertiary/aromatic N) is 2. The normalized spacial score (nSPS) is 14.2. The molecule has 0 aromatic rings. The van der Waals surface area contributed by atoms with Gasteiger partial charge in [-0.25, -0.2) is 5.84 Å². The van der Waals surface area contributed by atoms with Crippen LogP contribution in [0.15, 0.2) is 0 Å². The summed E-state index contributed by atoms with van der Waals surface area (Å²) >= 11 is 0. The zero-order valence-electron chi connectivity index (χ0n) is 12.1. The van der Waals surface area contributed by atoms with E-state index >= 15 is 0 Å². The lowest BCUT2D eigenvalue weighted by Crippen LogP contribution is -2.50. The topological polar surface area (TPSA) is 61.6 Å². The Morgan fingerprint density at radius 2 is 1.94 bits per heavy atom. The molecular formula is C12H28N4O. The Kier molecular flexibility index (Phi) is 6.67. The number of hydrogen-bond donors (Lipinski definition) is 2. The van der Waals surface area contributed by atoms with Crippen LogP contribution in [0.4, 0.5) is 0 Å². The maximum absolute atomic E-state index is 11.7. The molecule has 0 saturated carbocycles. The van der Waals surface area contributed by atoms with Crippen molar-refractivity contribution in [3.05, 3.63) is 0 Å². The molecule has 3 N–H and O–H groups in total. The minimum Gasteiger partial charge on any atom is -0.308 e. The van der Waals surface area contributed by atoms with Crippen molar-refractivity contribution in [2.45, 2.75) is 33.7 Å². The van der Waals surface area contributed by atoms with Crippen LogP contribution in [-0.4, -0.2) is 55.5 Å². The molecule has 0 radical (unpaired) electrons. The van der Waals surface area contributed by atoms with Crippen LogP contribution in [0.3, 0.4) is 0 Å². The number of hydrogen-bond acceptors (Lipinski definition) is 4. The molecule has 102 valence electrons. The van der Waals surface area contributed by atoms with Gasteiger partial charge in [-0.1, -0.05) is 6.92 Å². The van der Waals surface area contributed by atoms with Crippen LogP contribution in [0.5, 0.6) is 0 Å². The Labute approximate surface area is 105 Å². The van der Waals surface area contributed by atoms with E-state index in [2.05, 4.69) is 43.2 Å². The van der Waals surface area contributed by atoms with Gasteiger partial charge in [0.15, 0.2) is 0 Å². The van der Waals surface area contributed by atoms with Gasteiger partial charge >= 0.3 is 0 Å². The molecule has 0 aromatic carbocycles. The number of hydrazine groups is 1. The average molecular weight is 244 g/mol. The quantitative estimate of drug-likeness (QED) is 0.383. The average Bonchev–Trinajstić information content (AvgIpc) is 2.23. The summed E-state index contributed by atoms with van der Waals surface area (Å²) in [5.74, 6) is 5.09. The smallest absolute Gasteiger partial charge is 0.240 e. The minimum atomic E-state index is -0.467. The zero-order chi connectivity index (χ0) is 13.6. The van der Waals surface area contributed by atoms with E-state index in [1.165, 1.54) is 0 Å². The molecule has 0 heterocycles. The maximum atomic E-state index is 11.7. The van der Waals surface area contributed by atoms with Gasteiger partial charge in [0.25, 0.3) is 0 Å². The molecule has 0 rings (SSSR count). The molecule has 5 nitrogen and oxygen atoms in total. The number of carbonyl (C=O) groups excluding carboxylic acids is 1. The molecule has 0 aliphatic carbocycles. The molecule has 0 aromatic heterocycles. The summed E-state index contributed by atoms with van der Waals surface area (Å²) in [4.78, 5) is 16.1. The third kappa shape index (κ3) is 5.48. The first-order chi connectivity index (χ1) is 7.74. The second-order valence-corrected chi connectivity index (χ2v) is 5.53. The van der Waals surface area contributed by atoms with E-state index in [1.807, 2.05) is 13.8 Å². The van der Waals surface area contributed by atoms with Gasteiger partial charge in [-0.05, 0) is 41.4 Å². The van der Waals surface area contributed by atoms with Crippen molar-refractivity contribution in [2.24, 2.45) is 11.3 Å². The van der Waals surface area contributed by atoms with Crippen LogP contribution in [-0.2, 0) is 4.79 Å². The monoisotopic (exact) mass is 244 g/mol. The first-order valence-electron chi connectivity index (χ1n) is 6.14. The van der Waals surface area contributed by atoms with Gasteiger partial charge in [0.1, 0.15) is 0 Å². The standard InChI is InChI=1S/C12H28N4O/c1-7-16(10(2)8-15(5)6)9-12(3,4)11(17)14-13/h10H,7-9,13H2,1-6H3,(H,14,17). The van der Waals surface area contributed by atoms with Crippen molar-refractivity contribution in [1.29, 1.82) is 0 Å². The number of rotatable bonds is 7. The van der Waals surface area contributed by atoms with E-state index in [0.717, 1.165) is 13.1 Å². The molecule has 1 unspecified atom stereocenters. The molecule has 0 saturated heterocycles. The highest BCUT2D eigenvalue weighted by molar-refractivity contribution is 5.81. The van der Waals surface area contributed by atoms with E-state index in [4.69, 9.17) is 5.84 Å². The lowest BCUT2D eigenvalue weighted by molar-refractivity contribution is -0.130. The Hall–Kier alpha value is -0.650. The third-order valence-electron chi connectivity index (χ3n) is 3.00. The van der Waals surface area contributed by atoms with Crippen molar-refractivity contribution >= 4 is 5.91 Å². The predicted octanol–water partition coefficient (Wildman–Crippen LogP) is 0.275. The third-order valence-corrected chi connectivity index (χ3v) is 3.00. The second kappa shape index (κ2) is 6.93. The summed E-state index contributed by atoms with van der Waals surface area (Å²) in [5.41, 5.74) is 1.77. The summed E-state index contributed by atoms with van der Waals surface area (Å²) in [6.07, 6.45) is 0. The first kappa shape index (κ1) is 16.4. The largest absolute Gasteiger partial charge is 0.308 e. The van der Waals surface area contributed by atoms with Gasteiger partial charge in [-0.2, -0.15) is 0 Å². The predicted molar refractivity (Wildman–Crippen MR) is 71.4 cm³/mol. The molecule has 17 heavy (non-hydrogen) atoms. The summed E-state index contributed by atoms with van der Waals surface area (Å²) in [6.45, 7) is 10.7. The molecular weight excluding hydrogens is 216 g/mol. The summed E-state index contributed by atoms with van der Waals surface area (Å²) in [5, 5.41) is 0. The van der Waals surface area contributed by atoms with E-state index in [-0.39, 0.29) is 5.91 Å². The molecule has 0 fully saturated rings. The van der Waals surface area contributed by atoms with Crippen molar-refractivity contribution in [2.75, 3.05) is 33.7 Å². The summed E-state index contributed by atoms with van der Waals surface area (Å²) in [6, 6.07) is 0.417. The first-order valence-corrected chi connectivity index (χ1v) is 6.14. The minimum absolute atomic E-state index is 0.118. The van der Waals surface area contributed by atoms with Crippen LogP contribution < -0.4 is 11.3 Å². The lowest BCUT2D eigenvalue weighted by Gasteiger charge is -2.35. The summed E-state index contributed by atoms with van der Waals surface area (Å²) < 4.78 is 0. The van der Waals surface area contributed by atoms with Gasteiger partial charge in [0.05, 0.1) is 5.41 Å². The fourth-order valence-electron chi connectivity index (χ4n) is 2.00. The van der Waals surface area contributed by atoms with E-state index < -0.39 is 5.41 Å². The molecule has 1 amide bonds. The fraction of sp³-hybridized carbons (Fsp3) is 0.917. The maximum Gasteiger partial charge on any atom is 0.240 e. The van der Waals surface area contributed by atoms with Crippen LogP contribution in [0.1, 0.15) is 27.7 Å². The molecule has 0 aliphatic rings. The molecule has 1 atom stereocenters. The highest BCUT2D eigenvalue weighted by Gasteiger charge is 2.30. The van der Waals surface area contributed by atoms with E-state index in [0.29, 0.717) is 12.6 Å². The van der Waals surface area contributed by atoms with Gasteiger partial charge in [-0.3, -0.25) is 15.1 Å². The number of likely N-dealkylation sites (N-methyl/N-ethyl adjacent to an activating group) is 2. The number of nitrogens with two attached hydrogens (primary N) is 1. The number of carbonyl (C=O) groups is 1. The Morgan fingerprint density at radius 1 is 1.41 bits per heavy atom. The van der Waals surface area contributed by atoms with Crippen molar-refractivity contribution in [3.63, 3.8) is 0 Å². The molecule has 0 bridgehead atoms. The number of amides is 1. The van der Waals surface area contributed by atoms with Crippen molar-refractivity contribution < 1.29 is 4.79 Å². The lowest BCUT2D eigenvalue weighted by atomic mass is 9.91. The Balaban J connectivity index is 4.53. The van der Waals surface area contributed by atoms with Gasteiger partial charge in [0.2, 0.25) is 5.91 Å². The van der Waals surface area contributed by atoms with E-state index in [1.54, 1.807) is 0 Å². The van der Waals surface area contributed by atoms with Crippen molar-refractivity contribution in [3.8, 4) is 0 Å². The highest BCUT2D eigenvalue weighted by atomic mass is 16.2. The Bertz CT molecular complexity index is 241. The van der Waals surface area contributed by atoms with E-state index in [9.17, 15) is 4.79 Å². The van der Waals surface area contributed by atoms with Gasteiger partial charge in [0, 0.05) is 19.1 Å². The van der Waals surface area contributed by atoms with Gasteiger partial charge < -0.3 is 4.90 Å². The number of nitrogens with one attached hydrogen (secondary N) is 1. The Morgan fingerprint density at radius 3 is 2.29 bits per heavy atom. The highest BCUT2D eigenvalue weighted by Crippen LogP contribution is 2.18. The van der Waals surface area contributed by atoms with Crippen molar-refractivity contribution in [1.82, 2.24) is 15.2 Å². The molecule has 0 spiro atoms. The summed E-state index contributed by atoms with van der Waals surface area (Å²) in [7, 11) is 4.12. The van der Waals surface area contributed by atoms with Crippen LogP contribution in [0.2, 0.25) is 0 Å². The van der Waals surface area contributed by atoms with Crippen LogP contribution in [0.25, 0.3) is 0 Å². The molecule has 0 aliphatic heterocycles. The fourth-order valence-corrected chi connectivity index (χ4v) is 2.00. The van der Waals surface area contributed by atoms with Crippen LogP contribution >= 0.6 is 0 Å². The molecule has 5 heteroatoms. The van der Waals surface area contributed by atoms with Crippen LogP contribution in [0, 0.1) is 5.41 Å². The second-order valence-electron chi connectivity index (χ2n) is 5.53. The SMILES string of the molecule is CCN(CC(C)(C)C(=O)NN)C(C)CN(C)C.